The molecule has 8 heteroatoms. The molecule has 0 spiro atoms. The van der Waals surface area contributed by atoms with Crippen LogP contribution in [0.2, 0.25) is 5.02 Å². The van der Waals surface area contributed by atoms with Crippen molar-refractivity contribution >= 4 is 28.5 Å². The van der Waals surface area contributed by atoms with E-state index in [1.165, 1.54) is 18.3 Å². The van der Waals surface area contributed by atoms with E-state index in [-0.39, 0.29) is 11.7 Å². The predicted octanol–water partition coefficient (Wildman–Crippen LogP) is 3.59. The number of halogens is 2. The lowest BCUT2D eigenvalue weighted by Gasteiger charge is -2.18. The molecule has 0 fully saturated rings. The third kappa shape index (κ3) is 4.00. The monoisotopic (exact) mass is 403 g/mol. The normalized spacial score (nSPS) is 11.4. The smallest absolute Gasteiger partial charge is 0.254 e. The summed E-state index contributed by atoms with van der Waals surface area (Å²) in [6.45, 7) is 9.14. The Labute approximate surface area is 168 Å². The minimum absolute atomic E-state index is 0.263. The fourth-order valence-electron chi connectivity index (χ4n) is 3.09. The number of amides is 1. The maximum absolute atomic E-state index is 13.2. The molecule has 0 radical (unpaired) electrons. The lowest BCUT2D eigenvalue weighted by molar-refractivity contribution is 0.0949. The summed E-state index contributed by atoms with van der Waals surface area (Å²) in [7, 11) is 0. The first-order chi connectivity index (χ1) is 13.5. The van der Waals surface area contributed by atoms with Crippen molar-refractivity contribution in [2.75, 3.05) is 26.2 Å². The first-order valence-corrected chi connectivity index (χ1v) is 9.64. The van der Waals surface area contributed by atoms with Gasteiger partial charge >= 0.3 is 0 Å². The molecular formula is C20H23ClFN5O. The number of hydrogen-bond donors (Lipinski definition) is 1. The molecule has 0 aliphatic heterocycles. The Morgan fingerprint density at radius 1 is 1.25 bits per heavy atom. The molecule has 0 aliphatic rings. The minimum Gasteiger partial charge on any atom is -0.351 e. The SMILES string of the molecule is CCN(CC)CCNC(=O)c1cnc2c(c(C)nn2-c2ccc(F)cc2)c1Cl. The number of nitrogens with one attached hydrogen (secondary N) is 1. The molecule has 1 N–H and O–H groups in total. The first-order valence-electron chi connectivity index (χ1n) is 9.26. The summed E-state index contributed by atoms with van der Waals surface area (Å²) >= 11 is 6.54. The third-order valence-electron chi connectivity index (χ3n) is 4.73. The van der Waals surface area contributed by atoms with Gasteiger partial charge in [-0.25, -0.2) is 14.1 Å². The van der Waals surface area contributed by atoms with Gasteiger partial charge in [0.1, 0.15) is 5.82 Å². The van der Waals surface area contributed by atoms with E-state index < -0.39 is 0 Å². The summed E-state index contributed by atoms with van der Waals surface area (Å²) in [5.41, 5.74) is 2.15. The van der Waals surface area contributed by atoms with E-state index >= 15 is 0 Å². The number of benzene rings is 1. The highest BCUT2D eigenvalue weighted by Gasteiger charge is 2.20. The molecule has 0 saturated carbocycles. The standard InChI is InChI=1S/C20H23ClFN5O/c1-4-26(5-2)11-10-23-20(28)16-12-24-19-17(18(16)21)13(3)25-27(19)15-8-6-14(22)7-9-15/h6-9,12H,4-5,10-11H2,1-3H3,(H,23,28). The molecule has 3 rings (SSSR count). The largest absolute Gasteiger partial charge is 0.351 e. The second-order valence-corrected chi connectivity index (χ2v) is 6.82. The zero-order valence-electron chi connectivity index (χ0n) is 16.2. The highest BCUT2D eigenvalue weighted by atomic mass is 35.5. The average molecular weight is 404 g/mol. The molecule has 28 heavy (non-hydrogen) atoms. The summed E-state index contributed by atoms with van der Waals surface area (Å²) < 4.78 is 14.8. The Hall–Kier alpha value is -2.51. The van der Waals surface area contributed by atoms with Gasteiger partial charge in [-0.15, -0.1) is 0 Å². The Balaban J connectivity index is 1.88. The first kappa shape index (κ1) is 20.2. The van der Waals surface area contributed by atoms with Crippen molar-refractivity contribution < 1.29 is 9.18 Å². The van der Waals surface area contributed by atoms with Crippen molar-refractivity contribution in [2.45, 2.75) is 20.8 Å². The van der Waals surface area contributed by atoms with Crippen molar-refractivity contribution in [3.05, 3.63) is 52.6 Å². The fraction of sp³-hybridized carbons (Fsp3) is 0.350. The van der Waals surface area contributed by atoms with Crippen LogP contribution < -0.4 is 5.32 Å². The average Bonchev–Trinajstić information content (AvgIpc) is 3.03. The van der Waals surface area contributed by atoms with Crippen LogP contribution in [0.4, 0.5) is 4.39 Å². The third-order valence-corrected chi connectivity index (χ3v) is 5.12. The molecule has 6 nitrogen and oxygen atoms in total. The van der Waals surface area contributed by atoms with Crippen molar-refractivity contribution in [1.29, 1.82) is 0 Å². The number of likely N-dealkylation sites (N-methyl/N-ethyl adjacent to an activating group) is 1. The van der Waals surface area contributed by atoms with Crippen molar-refractivity contribution in [1.82, 2.24) is 25.0 Å². The van der Waals surface area contributed by atoms with Gasteiger partial charge in [0.2, 0.25) is 0 Å². The summed E-state index contributed by atoms with van der Waals surface area (Å²) in [5, 5.41) is 8.29. The highest BCUT2D eigenvalue weighted by molar-refractivity contribution is 6.38. The van der Waals surface area contributed by atoms with Gasteiger partial charge in [-0.2, -0.15) is 5.10 Å². The molecule has 2 aromatic heterocycles. The Bertz CT molecular complexity index is 982. The maximum Gasteiger partial charge on any atom is 0.254 e. The minimum atomic E-state index is -0.327. The van der Waals surface area contributed by atoms with Crippen LogP contribution in [-0.2, 0) is 0 Å². The molecule has 0 bridgehead atoms. The van der Waals surface area contributed by atoms with E-state index in [0.29, 0.717) is 39.5 Å². The van der Waals surface area contributed by atoms with Crippen molar-refractivity contribution in [3.63, 3.8) is 0 Å². The number of pyridine rings is 1. The van der Waals surface area contributed by atoms with Crippen LogP contribution in [0.3, 0.4) is 0 Å². The number of aryl methyl sites for hydroxylation is 1. The van der Waals surface area contributed by atoms with Crippen LogP contribution in [0.15, 0.2) is 30.5 Å². The summed E-state index contributed by atoms with van der Waals surface area (Å²) in [4.78, 5) is 19.2. The van der Waals surface area contributed by atoms with Crippen LogP contribution in [0.1, 0.15) is 29.9 Å². The van der Waals surface area contributed by atoms with E-state index in [1.54, 1.807) is 23.7 Å². The lowest BCUT2D eigenvalue weighted by Crippen LogP contribution is -2.34. The molecule has 1 amide bonds. The number of carbonyl (C=O) groups is 1. The second-order valence-electron chi connectivity index (χ2n) is 6.44. The molecule has 0 aliphatic carbocycles. The Kier molecular flexibility index (Phi) is 6.26. The van der Waals surface area contributed by atoms with Crippen LogP contribution in [0.25, 0.3) is 16.7 Å². The van der Waals surface area contributed by atoms with Crippen LogP contribution in [-0.4, -0.2) is 51.8 Å². The number of fused-ring (bicyclic) bond motifs is 1. The van der Waals surface area contributed by atoms with E-state index in [2.05, 4.69) is 34.1 Å². The lowest BCUT2D eigenvalue weighted by atomic mass is 10.2. The van der Waals surface area contributed by atoms with Crippen molar-refractivity contribution in [2.24, 2.45) is 0 Å². The molecular weight excluding hydrogens is 381 g/mol. The number of nitrogens with zero attached hydrogens (tertiary/aromatic N) is 4. The van der Waals surface area contributed by atoms with E-state index in [9.17, 15) is 9.18 Å². The number of rotatable bonds is 7. The van der Waals surface area contributed by atoms with Crippen LogP contribution in [0.5, 0.6) is 0 Å². The van der Waals surface area contributed by atoms with Gasteiger partial charge in [0, 0.05) is 19.3 Å². The summed E-state index contributed by atoms with van der Waals surface area (Å²) in [6, 6.07) is 5.95. The van der Waals surface area contributed by atoms with E-state index in [4.69, 9.17) is 11.6 Å². The topological polar surface area (TPSA) is 63.1 Å². The van der Waals surface area contributed by atoms with Crippen LogP contribution in [0, 0.1) is 12.7 Å². The number of hydrogen-bond acceptors (Lipinski definition) is 4. The second kappa shape index (κ2) is 8.67. The van der Waals surface area contributed by atoms with E-state index in [1.807, 2.05) is 0 Å². The Morgan fingerprint density at radius 2 is 1.93 bits per heavy atom. The maximum atomic E-state index is 13.2. The van der Waals surface area contributed by atoms with Gasteiger partial charge in [-0.1, -0.05) is 25.4 Å². The zero-order valence-corrected chi connectivity index (χ0v) is 16.9. The quantitative estimate of drug-likeness (QED) is 0.654. The zero-order chi connectivity index (χ0) is 20.3. The molecule has 3 aromatic rings. The Morgan fingerprint density at radius 3 is 2.57 bits per heavy atom. The summed E-state index contributed by atoms with van der Waals surface area (Å²) in [5.74, 6) is -0.591. The molecule has 0 saturated heterocycles. The van der Waals surface area contributed by atoms with Gasteiger partial charge in [0.25, 0.3) is 5.91 Å². The van der Waals surface area contributed by atoms with Gasteiger partial charge in [0.15, 0.2) is 5.65 Å². The van der Waals surface area contributed by atoms with E-state index in [0.717, 1.165) is 19.6 Å². The summed E-state index contributed by atoms with van der Waals surface area (Å²) in [6.07, 6.45) is 1.46. The molecule has 148 valence electrons. The van der Waals surface area contributed by atoms with Gasteiger partial charge in [-0.05, 0) is 44.3 Å². The van der Waals surface area contributed by atoms with Crippen LogP contribution >= 0.6 is 11.6 Å². The van der Waals surface area contributed by atoms with Gasteiger partial charge in [0.05, 0.1) is 27.4 Å². The molecule has 1 aromatic carbocycles. The molecule has 2 heterocycles. The molecule has 0 atom stereocenters. The fourth-order valence-corrected chi connectivity index (χ4v) is 3.45. The number of aromatic nitrogens is 3. The van der Waals surface area contributed by atoms with Gasteiger partial charge < -0.3 is 10.2 Å². The van der Waals surface area contributed by atoms with Crippen molar-refractivity contribution in [3.8, 4) is 5.69 Å². The molecule has 0 unspecified atom stereocenters. The number of carbonyl (C=O) groups excluding carboxylic acids is 1. The van der Waals surface area contributed by atoms with Gasteiger partial charge in [-0.3, -0.25) is 4.79 Å². The predicted molar refractivity (Wildman–Crippen MR) is 109 cm³/mol. The highest BCUT2D eigenvalue weighted by Crippen LogP contribution is 2.29.